The van der Waals surface area contributed by atoms with E-state index in [4.69, 9.17) is 5.73 Å². The molecule has 1 aromatic heterocycles. The Hall–Kier alpha value is -1.55. The van der Waals surface area contributed by atoms with E-state index in [9.17, 15) is 5.11 Å². The normalized spacial score (nSPS) is 13.2. The third kappa shape index (κ3) is 2.02. The number of aliphatic hydroxyl groups excluding tert-OH is 1. The Balaban J connectivity index is 2.36. The second kappa shape index (κ2) is 4.14. The number of aliphatic hydroxyl groups is 1. The Morgan fingerprint density at radius 3 is 2.94 bits per heavy atom. The molecule has 16 heavy (non-hydrogen) atoms. The van der Waals surface area contributed by atoms with Crippen molar-refractivity contribution in [3.63, 3.8) is 0 Å². The van der Waals surface area contributed by atoms with Gasteiger partial charge in [0.15, 0.2) is 0 Å². The standard InChI is InChI=1S/C12H17N3O/c1-8(16)3-6-12-14-10-7-9(13)4-5-11(10)15(12)2/h4-5,7-8,16H,3,6,13H2,1-2H3/t8-/m0/s1. The molecule has 0 saturated carbocycles. The molecule has 0 saturated heterocycles. The summed E-state index contributed by atoms with van der Waals surface area (Å²) < 4.78 is 2.05. The maximum absolute atomic E-state index is 9.27. The number of imidazole rings is 1. The molecule has 0 spiro atoms. The minimum atomic E-state index is -0.287. The molecule has 2 aromatic rings. The minimum Gasteiger partial charge on any atom is -0.399 e. The molecule has 0 aliphatic carbocycles. The number of aromatic nitrogens is 2. The highest BCUT2D eigenvalue weighted by molar-refractivity contribution is 5.79. The van der Waals surface area contributed by atoms with Crippen molar-refractivity contribution >= 4 is 16.7 Å². The molecule has 1 aromatic carbocycles. The lowest BCUT2D eigenvalue weighted by atomic mass is 10.2. The number of fused-ring (bicyclic) bond motifs is 1. The molecule has 4 heteroatoms. The highest BCUT2D eigenvalue weighted by Gasteiger charge is 2.08. The maximum atomic E-state index is 9.27. The van der Waals surface area contributed by atoms with E-state index in [1.807, 2.05) is 25.2 Å². The quantitative estimate of drug-likeness (QED) is 0.768. The van der Waals surface area contributed by atoms with Crippen molar-refractivity contribution in [1.29, 1.82) is 0 Å². The van der Waals surface area contributed by atoms with E-state index in [0.29, 0.717) is 0 Å². The van der Waals surface area contributed by atoms with Gasteiger partial charge in [-0.15, -0.1) is 0 Å². The lowest BCUT2D eigenvalue weighted by Crippen LogP contribution is -2.05. The van der Waals surface area contributed by atoms with E-state index in [0.717, 1.165) is 35.4 Å². The second-order valence-corrected chi connectivity index (χ2v) is 4.22. The monoisotopic (exact) mass is 219 g/mol. The predicted molar refractivity (Wildman–Crippen MR) is 65.1 cm³/mol. The van der Waals surface area contributed by atoms with Crippen LogP contribution in [-0.4, -0.2) is 20.8 Å². The molecule has 0 aliphatic rings. The molecule has 86 valence electrons. The zero-order valence-electron chi connectivity index (χ0n) is 9.64. The van der Waals surface area contributed by atoms with Gasteiger partial charge in [-0.3, -0.25) is 0 Å². The fourth-order valence-corrected chi connectivity index (χ4v) is 1.83. The molecule has 3 N–H and O–H groups in total. The van der Waals surface area contributed by atoms with Gasteiger partial charge in [-0.1, -0.05) is 0 Å². The number of nitrogen functional groups attached to an aromatic ring is 1. The number of rotatable bonds is 3. The van der Waals surface area contributed by atoms with E-state index in [2.05, 4.69) is 9.55 Å². The van der Waals surface area contributed by atoms with E-state index in [-0.39, 0.29) is 6.10 Å². The van der Waals surface area contributed by atoms with Crippen LogP contribution < -0.4 is 5.73 Å². The Morgan fingerprint density at radius 2 is 2.25 bits per heavy atom. The summed E-state index contributed by atoms with van der Waals surface area (Å²) in [5.74, 6) is 0.988. The first-order chi connectivity index (χ1) is 7.58. The maximum Gasteiger partial charge on any atom is 0.109 e. The van der Waals surface area contributed by atoms with Gasteiger partial charge in [-0.05, 0) is 31.5 Å². The van der Waals surface area contributed by atoms with Gasteiger partial charge in [0.05, 0.1) is 17.1 Å². The number of anilines is 1. The lowest BCUT2D eigenvalue weighted by molar-refractivity contribution is 0.184. The summed E-state index contributed by atoms with van der Waals surface area (Å²) in [5.41, 5.74) is 8.44. The molecule has 0 bridgehead atoms. The summed E-state index contributed by atoms with van der Waals surface area (Å²) in [6.45, 7) is 1.79. The van der Waals surface area contributed by atoms with Crippen LogP contribution in [0.5, 0.6) is 0 Å². The van der Waals surface area contributed by atoms with Crippen LogP contribution in [0.3, 0.4) is 0 Å². The summed E-state index contributed by atoms with van der Waals surface area (Å²) in [6.07, 6.45) is 1.22. The van der Waals surface area contributed by atoms with Crippen LogP contribution >= 0.6 is 0 Å². The minimum absolute atomic E-state index is 0.287. The number of hydrogen-bond acceptors (Lipinski definition) is 3. The highest BCUT2D eigenvalue weighted by Crippen LogP contribution is 2.18. The van der Waals surface area contributed by atoms with Crippen LogP contribution in [0.25, 0.3) is 11.0 Å². The van der Waals surface area contributed by atoms with Gasteiger partial charge in [-0.2, -0.15) is 0 Å². The van der Waals surface area contributed by atoms with E-state index < -0.39 is 0 Å². The van der Waals surface area contributed by atoms with Gasteiger partial charge >= 0.3 is 0 Å². The van der Waals surface area contributed by atoms with Gasteiger partial charge in [0.1, 0.15) is 5.82 Å². The third-order valence-electron chi connectivity index (χ3n) is 2.78. The topological polar surface area (TPSA) is 64.1 Å². The fraction of sp³-hybridized carbons (Fsp3) is 0.417. The molecule has 1 atom stereocenters. The van der Waals surface area contributed by atoms with Gasteiger partial charge in [0.2, 0.25) is 0 Å². The van der Waals surface area contributed by atoms with Crippen molar-refractivity contribution in [1.82, 2.24) is 9.55 Å². The van der Waals surface area contributed by atoms with Crippen molar-refractivity contribution in [2.45, 2.75) is 25.9 Å². The first kappa shape index (κ1) is 11.0. The second-order valence-electron chi connectivity index (χ2n) is 4.22. The highest BCUT2D eigenvalue weighted by atomic mass is 16.3. The molecule has 0 amide bonds. The molecular formula is C12H17N3O. The van der Waals surface area contributed by atoms with Crippen molar-refractivity contribution < 1.29 is 5.11 Å². The largest absolute Gasteiger partial charge is 0.399 e. The molecule has 0 aliphatic heterocycles. The van der Waals surface area contributed by atoms with Gasteiger partial charge in [0, 0.05) is 19.2 Å². The summed E-state index contributed by atoms with van der Waals surface area (Å²) in [6, 6.07) is 5.73. The average Bonchev–Trinajstić information content (AvgIpc) is 2.52. The Labute approximate surface area is 94.7 Å². The number of benzene rings is 1. The summed E-state index contributed by atoms with van der Waals surface area (Å²) in [7, 11) is 1.99. The summed E-state index contributed by atoms with van der Waals surface area (Å²) in [5, 5.41) is 9.27. The van der Waals surface area contributed by atoms with Crippen molar-refractivity contribution in [3.05, 3.63) is 24.0 Å². The zero-order chi connectivity index (χ0) is 11.7. The molecular weight excluding hydrogens is 202 g/mol. The Bertz CT molecular complexity index is 502. The zero-order valence-corrected chi connectivity index (χ0v) is 9.64. The molecule has 4 nitrogen and oxygen atoms in total. The molecule has 0 radical (unpaired) electrons. The van der Waals surface area contributed by atoms with Crippen molar-refractivity contribution in [2.75, 3.05) is 5.73 Å². The van der Waals surface area contributed by atoms with Crippen LogP contribution in [0.2, 0.25) is 0 Å². The number of hydrogen-bond donors (Lipinski definition) is 2. The molecule has 1 heterocycles. The fourth-order valence-electron chi connectivity index (χ4n) is 1.83. The van der Waals surface area contributed by atoms with E-state index >= 15 is 0 Å². The van der Waals surface area contributed by atoms with E-state index in [1.165, 1.54) is 0 Å². The summed E-state index contributed by atoms with van der Waals surface area (Å²) >= 11 is 0. The van der Waals surface area contributed by atoms with E-state index in [1.54, 1.807) is 6.92 Å². The van der Waals surface area contributed by atoms with Gasteiger partial charge < -0.3 is 15.4 Å². The van der Waals surface area contributed by atoms with Gasteiger partial charge in [0.25, 0.3) is 0 Å². The number of nitrogens with two attached hydrogens (primary N) is 1. The third-order valence-corrected chi connectivity index (χ3v) is 2.78. The molecule has 0 unspecified atom stereocenters. The van der Waals surface area contributed by atoms with Crippen LogP contribution in [0.15, 0.2) is 18.2 Å². The first-order valence-corrected chi connectivity index (χ1v) is 5.47. The Kier molecular flexibility index (Phi) is 2.83. The van der Waals surface area contributed by atoms with Crippen LogP contribution in [0.1, 0.15) is 19.2 Å². The van der Waals surface area contributed by atoms with Crippen LogP contribution in [0, 0.1) is 0 Å². The number of aryl methyl sites for hydroxylation is 2. The predicted octanol–water partition coefficient (Wildman–Crippen LogP) is 1.47. The summed E-state index contributed by atoms with van der Waals surface area (Å²) in [4.78, 5) is 4.52. The van der Waals surface area contributed by atoms with Crippen molar-refractivity contribution in [3.8, 4) is 0 Å². The number of nitrogens with zero attached hydrogens (tertiary/aromatic N) is 2. The van der Waals surface area contributed by atoms with Crippen LogP contribution in [0.4, 0.5) is 5.69 Å². The first-order valence-electron chi connectivity index (χ1n) is 5.47. The SMILES string of the molecule is C[C@H](O)CCc1nc2cc(N)ccc2n1C. The average molecular weight is 219 g/mol. The van der Waals surface area contributed by atoms with Crippen LogP contribution in [-0.2, 0) is 13.5 Å². The lowest BCUT2D eigenvalue weighted by Gasteiger charge is -2.04. The van der Waals surface area contributed by atoms with Crippen molar-refractivity contribution in [2.24, 2.45) is 7.05 Å². The Morgan fingerprint density at radius 1 is 1.50 bits per heavy atom. The molecule has 0 fully saturated rings. The smallest absolute Gasteiger partial charge is 0.109 e. The van der Waals surface area contributed by atoms with Gasteiger partial charge in [-0.25, -0.2) is 4.98 Å². The molecule has 2 rings (SSSR count).